The van der Waals surface area contributed by atoms with Crippen LogP contribution in [-0.4, -0.2) is 11.5 Å². The van der Waals surface area contributed by atoms with Crippen LogP contribution < -0.4 is 5.32 Å². The number of benzene rings is 1. The van der Waals surface area contributed by atoms with Gasteiger partial charge in [0.25, 0.3) is 0 Å². The third-order valence-electron chi connectivity index (χ3n) is 2.69. The van der Waals surface area contributed by atoms with Crippen LogP contribution in [0.25, 0.3) is 11.5 Å². The molecule has 18 heavy (non-hydrogen) atoms. The van der Waals surface area contributed by atoms with Crippen molar-refractivity contribution >= 4 is 15.9 Å². The topological polar surface area (TPSA) is 38.1 Å². The molecule has 0 aliphatic heterocycles. The van der Waals surface area contributed by atoms with Crippen LogP contribution in [0.2, 0.25) is 0 Å². The lowest BCUT2D eigenvalue weighted by Gasteiger charge is -2.00. The lowest BCUT2D eigenvalue weighted by atomic mass is 10.1. The molecular weight excluding hydrogens is 292 g/mol. The van der Waals surface area contributed by atoms with Crippen LogP contribution in [0.15, 0.2) is 33.4 Å². The molecule has 0 unspecified atom stereocenters. The van der Waals surface area contributed by atoms with Gasteiger partial charge in [-0.3, -0.25) is 0 Å². The minimum Gasteiger partial charge on any atom is -0.444 e. The monoisotopic (exact) mass is 308 g/mol. The number of hydrogen-bond acceptors (Lipinski definition) is 3. The SMILES string of the molecule is CCCNCc1coc(-c2ccc(Br)c(C)c2)n1. The van der Waals surface area contributed by atoms with Crippen molar-refractivity contribution in [2.45, 2.75) is 26.8 Å². The zero-order valence-corrected chi connectivity index (χ0v) is 12.3. The lowest BCUT2D eigenvalue weighted by molar-refractivity contribution is 0.570. The van der Waals surface area contributed by atoms with E-state index in [1.54, 1.807) is 6.26 Å². The first-order chi connectivity index (χ1) is 8.70. The van der Waals surface area contributed by atoms with Crippen molar-refractivity contribution in [1.82, 2.24) is 10.3 Å². The minimum absolute atomic E-state index is 0.680. The first-order valence-corrected chi connectivity index (χ1v) is 6.91. The number of aromatic nitrogens is 1. The molecule has 96 valence electrons. The fraction of sp³-hybridized carbons (Fsp3) is 0.357. The van der Waals surface area contributed by atoms with Crippen LogP contribution in [-0.2, 0) is 6.54 Å². The number of oxazole rings is 1. The summed E-state index contributed by atoms with van der Waals surface area (Å²) in [7, 11) is 0. The Morgan fingerprint density at radius 2 is 2.22 bits per heavy atom. The molecule has 1 heterocycles. The Bertz CT molecular complexity index is 522. The Hall–Kier alpha value is -1.13. The summed E-state index contributed by atoms with van der Waals surface area (Å²) in [6, 6.07) is 6.09. The van der Waals surface area contributed by atoms with Crippen LogP contribution in [0.1, 0.15) is 24.6 Å². The third-order valence-corrected chi connectivity index (χ3v) is 3.58. The van der Waals surface area contributed by atoms with Gasteiger partial charge in [-0.2, -0.15) is 0 Å². The Morgan fingerprint density at radius 1 is 1.39 bits per heavy atom. The summed E-state index contributed by atoms with van der Waals surface area (Å²) in [5, 5.41) is 3.31. The Labute approximate surface area is 116 Å². The molecule has 0 bridgehead atoms. The van der Waals surface area contributed by atoms with Crippen molar-refractivity contribution in [3.05, 3.63) is 40.2 Å². The molecule has 1 aromatic carbocycles. The quantitative estimate of drug-likeness (QED) is 0.851. The van der Waals surface area contributed by atoms with Crippen molar-refractivity contribution in [2.24, 2.45) is 0 Å². The Balaban J connectivity index is 2.11. The first kappa shape index (κ1) is 13.3. The summed E-state index contributed by atoms with van der Waals surface area (Å²) < 4.78 is 6.61. The fourth-order valence-corrected chi connectivity index (χ4v) is 1.94. The van der Waals surface area contributed by atoms with Gasteiger partial charge in [-0.15, -0.1) is 0 Å². The van der Waals surface area contributed by atoms with E-state index in [1.807, 2.05) is 12.1 Å². The standard InChI is InChI=1S/C14H17BrN2O/c1-3-6-16-8-12-9-18-14(17-12)11-4-5-13(15)10(2)7-11/h4-5,7,9,16H,3,6,8H2,1-2H3. The van der Waals surface area contributed by atoms with E-state index >= 15 is 0 Å². The molecule has 0 aliphatic carbocycles. The average molecular weight is 309 g/mol. The van der Waals surface area contributed by atoms with Crippen LogP contribution >= 0.6 is 15.9 Å². The normalized spacial score (nSPS) is 10.8. The summed E-state index contributed by atoms with van der Waals surface area (Å²) in [6.45, 7) is 5.96. The van der Waals surface area contributed by atoms with Gasteiger partial charge in [-0.05, 0) is 43.7 Å². The molecule has 2 aromatic rings. The molecule has 0 spiro atoms. The molecule has 2 rings (SSSR count). The van der Waals surface area contributed by atoms with Gasteiger partial charge in [-0.25, -0.2) is 4.98 Å². The molecule has 0 atom stereocenters. The van der Waals surface area contributed by atoms with Gasteiger partial charge in [0.05, 0.1) is 5.69 Å². The lowest BCUT2D eigenvalue weighted by Crippen LogP contribution is -2.13. The molecule has 0 radical (unpaired) electrons. The highest BCUT2D eigenvalue weighted by atomic mass is 79.9. The summed E-state index contributed by atoms with van der Waals surface area (Å²) in [5.74, 6) is 0.680. The molecule has 4 heteroatoms. The predicted octanol–water partition coefficient (Wildman–Crippen LogP) is 3.91. The van der Waals surface area contributed by atoms with E-state index in [-0.39, 0.29) is 0 Å². The number of nitrogens with one attached hydrogen (secondary N) is 1. The second-order valence-electron chi connectivity index (χ2n) is 4.28. The smallest absolute Gasteiger partial charge is 0.226 e. The zero-order chi connectivity index (χ0) is 13.0. The predicted molar refractivity (Wildman–Crippen MR) is 76.4 cm³/mol. The van der Waals surface area contributed by atoms with Crippen molar-refractivity contribution < 1.29 is 4.42 Å². The van der Waals surface area contributed by atoms with Crippen molar-refractivity contribution in [1.29, 1.82) is 0 Å². The van der Waals surface area contributed by atoms with E-state index in [1.165, 1.54) is 5.56 Å². The van der Waals surface area contributed by atoms with Gasteiger partial charge in [-0.1, -0.05) is 22.9 Å². The van der Waals surface area contributed by atoms with Crippen molar-refractivity contribution in [3.63, 3.8) is 0 Å². The second-order valence-corrected chi connectivity index (χ2v) is 5.14. The van der Waals surface area contributed by atoms with Gasteiger partial charge in [0, 0.05) is 16.6 Å². The van der Waals surface area contributed by atoms with E-state index in [0.717, 1.165) is 35.2 Å². The first-order valence-electron chi connectivity index (χ1n) is 6.12. The van der Waals surface area contributed by atoms with E-state index in [4.69, 9.17) is 4.42 Å². The highest BCUT2D eigenvalue weighted by molar-refractivity contribution is 9.10. The third kappa shape index (κ3) is 3.21. The maximum absolute atomic E-state index is 5.51. The zero-order valence-electron chi connectivity index (χ0n) is 10.7. The molecule has 1 N–H and O–H groups in total. The molecule has 1 aromatic heterocycles. The molecule has 0 saturated carbocycles. The highest BCUT2D eigenvalue weighted by Gasteiger charge is 2.07. The number of hydrogen-bond donors (Lipinski definition) is 1. The van der Waals surface area contributed by atoms with Crippen LogP contribution in [0.4, 0.5) is 0 Å². The molecule has 3 nitrogen and oxygen atoms in total. The molecule has 0 amide bonds. The van der Waals surface area contributed by atoms with Crippen molar-refractivity contribution in [2.75, 3.05) is 6.54 Å². The van der Waals surface area contributed by atoms with Gasteiger partial charge in [0.1, 0.15) is 6.26 Å². The molecule has 0 fully saturated rings. The largest absolute Gasteiger partial charge is 0.444 e. The molecular formula is C14H17BrN2O. The average Bonchev–Trinajstić information content (AvgIpc) is 2.82. The van der Waals surface area contributed by atoms with E-state index in [2.05, 4.69) is 46.1 Å². The second kappa shape index (κ2) is 6.16. The highest BCUT2D eigenvalue weighted by Crippen LogP contribution is 2.24. The summed E-state index contributed by atoms with van der Waals surface area (Å²) in [4.78, 5) is 4.48. The maximum Gasteiger partial charge on any atom is 0.226 e. The summed E-state index contributed by atoms with van der Waals surface area (Å²) in [5.41, 5.74) is 3.13. The van der Waals surface area contributed by atoms with E-state index in [9.17, 15) is 0 Å². The number of rotatable bonds is 5. The number of nitrogens with zero attached hydrogens (tertiary/aromatic N) is 1. The van der Waals surface area contributed by atoms with Crippen LogP contribution in [0, 0.1) is 6.92 Å². The van der Waals surface area contributed by atoms with Gasteiger partial charge in [0.2, 0.25) is 5.89 Å². The Kier molecular flexibility index (Phi) is 4.55. The van der Waals surface area contributed by atoms with Crippen molar-refractivity contribution in [3.8, 4) is 11.5 Å². The molecule has 0 aliphatic rings. The molecule has 0 saturated heterocycles. The minimum atomic E-state index is 0.680. The summed E-state index contributed by atoms with van der Waals surface area (Å²) >= 11 is 3.49. The number of halogens is 1. The number of aryl methyl sites for hydroxylation is 1. The maximum atomic E-state index is 5.51. The van der Waals surface area contributed by atoms with Gasteiger partial charge < -0.3 is 9.73 Å². The van der Waals surface area contributed by atoms with Gasteiger partial charge in [0.15, 0.2) is 0 Å². The fourth-order valence-electron chi connectivity index (χ4n) is 1.69. The Morgan fingerprint density at radius 3 is 2.94 bits per heavy atom. The van der Waals surface area contributed by atoms with E-state index in [0.29, 0.717) is 5.89 Å². The summed E-state index contributed by atoms with van der Waals surface area (Å²) in [6.07, 6.45) is 2.84. The van der Waals surface area contributed by atoms with Gasteiger partial charge >= 0.3 is 0 Å². The van der Waals surface area contributed by atoms with Crippen LogP contribution in [0.5, 0.6) is 0 Å². The van der Waals surface area contributed by atoms with Crippen LogP contribution in [0.3, 0.4) is 0 Å². The van der Waals surface area contributed by atoms with E-state index < -0.39 is 0 Å².